The Morgan fingerprint density at radius 2 is 1.85 bits per heavy atom. The molecule has 34 heavy (non-hydrogen) atoms. The molecule has 0 radical (unpaired) electrons. The molecule has 2 heterocycles. The Labute approximate surface area is 199 Å². The SMILES string of the molecule is COc1ccc(Nc2cc(C)nc(NCCNC(=O)c3ccc(OC4CCCC4)nc3)n2)cc1. The van der Waals surface area contributed by atoms with Crippen molar-refractivity contribution in [3.05, 3.63) is 59.9 Å². The molecule has 3 aromatic rings. The summed E-state index contributed by atoms with van der Waals surface area (Å²) >= 11 is 0. The number of ether oxygens (including phenoxy) is 2. The van der Waals surface area contributed by atoms with Crippen molar-refractivity contribution in [1.29, 1.82) is 0 Å². The van der Waals surface area contributed by atoms with Crippen molar-refractivity contribution in [2.75, 3.05) is 30.8 Å². The first kappa shape index (κ1) is 23.3. The maximum atomic E-state index is 12.4. The molecule has 0 atom stereocenters. The van der Waals surface area contributed by atoms with Crippen LogP contribution in [0.1, 0.15) is 41.7 Å². The second kappa shape index (κ2) is 11.3. The van der Waals surface area contributed by atoms with Gasteiger partial charge in [-0.3, -0.25) is 4.79 Å². The van der Waals surface area contributed by atoms with E-state index in [9.17, 15) is 4.79 Å². The van der Waals surface area contributed by atoms with Crippen LogP contribution in [0.2, 0.25) is 0 Å². The summed E-state index contributed by atoms with van der Waals surface area (Å²) in [5.41, 5.74) is 2.21. The number of aromatic nitrogens is 3. The molecule has 9 heteroatoms. The number of methoxy groups -OCH3 is 1. The first-order valence-electron chi connectivity index (χ1n) is 11.5. The van der Waals surface area contributed by atoms with E-state index in [-0.39, 0.29) is 12.0 Å². The van der Waals surface area contributed by atoms with Crippen LogP contribution in [0.25, 0.3) is 0 Å². The minimum absolute atomic E-state index is 0.186. The van der Waals surface area contributed by atoms with Gasteiger partial charge in [0.05, 0.1) is 12.7 Å². The van der Waals surface area contributed by atoms with Gasteiger partial charge in [0.1, 0.15) is 17.7 Å². The average Bonchev–Trinajstić information content (AvgIpc) is 3.35. The first-order chi connectivity index (χ1) is 16.6. The highest BCUT2D eigenvalue weighted by molar-refractivity contribution is 5.93. The number of anilines is 3. The number of hydrogen-bond donors (Lipinski definition) is 3. The molecule has 9 nitrogen and oxygen atoms in total. The van der Waals surface area contributed by atoms with Gasteiger partial charge < -0.3 is 25.4 Å². The number of aryl methyl sites for hydroxylation is 1. The summed E-state index contributed by atoms with van der Waals surface area (Å²) in [6.07, 6.45) is 6.34. The lowest BCUT2D eigenvalue weighted by molar-refractivity contribution is 0.0954. The van der Waals surface area contributed by atoms with Crippen LogP contribution in [0.5, 0.6) is 11.6 Å². The lowest BCUT2D eigenvalue weighted by Crippen LogP contribution is -2.29. The fourth-order valence-corrected chi connectivity index (χ4v) is 3.75. The van der Waals surface area contributed by atoms with Crippen LogP contribution in [-0.4, -0.2) is 47.2 Å². The Balaban J connectivity index is 1.24. The van der Waals surface area contributed by atoms with Crippen LogP contribution in [0.15, 0.2) is 48.7 Å². The summed E-state index contributed by atoms with van der Waals surface area (Å²) in [7, 11) is 1.63. The van der Waals surface area contributed by atoms with Gasteiger partial charge in [0, 0.05) is 42.8 Å². The third kappa shape index (κ3) is 6.57. The van der Waals surface area contributed by atoms with Gasteiger partial charge in [-0.25, -0.2) is 9.97 Å². The summed E-state index contributed by atoms with van der Waals surface area (Å²) in [5.74, 6) is 2.34. The molecule has 1 saturated carbocycles. The molecule has 0 saturated heterocycles. The first-order valence-corrected chi connectivity index (χ1v) is 11.5. The fraction of sp³-hybridized carbons (Fsp3) is 0.360. The van der Waals surface area contributed by atoms with Crippen molar-refractivity contribution in [3.8, 4) is 11.6 Å². The van der Waals surface area contributed by atoms with Gasteiger partial charge in [-0.1, -0.05) is 0 Å². The number of benzene rings is 1. The van der Waals surface area contributed by atoms with Gasteiger partial charge in [0.25, 0.3) is 5.91 Å². The zero-order valence-corrected chi connectivity index (χ0v) is 19.5. The van der Waals surface area contributed by atoms with Gasteiger partial charge in [-0.05, 0) is 62.9 Å². The molecule has 0 bridgehead atoms. The van der Waals surface area contributed by atoms with Crippen molar-refractivity contribution in [2.24, 2.45) is 0 Å². The number of nitrogens with one attached hydrogen (secondary N) is 3. The topological polar surface area (TPSA) is 110 Å². The van der Waals surface area contributed by atoms with E-state index in [2.05, 4.69) is 30.9 Å². The number of carbonyl (C=O) groups excluding carboxylic acids is 1. The van der Waals surface area contributed by atoms with Crippen LogP contribution < -0.4 is 25.4 Å². The van der Waals surface area contributed by atoms with Crippen molar-refractivity contribution in [3.63, 3.8) is 0 Å². The monoisotopic (exact) mass is 462 g/mol. The Kier molecular flexibility index (Phi) is 7.75. The highest BCUT2D eigenvalue weighted by Crippen LogP contribution is 2.23. The highest BCUT2D eigenvalue weighted by atomic mass is 16.5. The number of amides is 1. The Hall–Kier alpha value is -3.88. The summed E-state index contributed by atoms with van der Waals surface area (Å²) < 4.78 is 11.0. The largest absolute Gasteiger partial charge is 0.497 e. The van der Waals surface area contributed by atoms with Crippen LogP contribution >= 0.6 is 0 Å². The van der Waals surface area contributed by atoms with Gasteiger partial charge in [0.2, 0.25) is 11.8 Å². The van der Waals surface area contributed by atoms with Crippen LogP contribution in [0.4, 0.5) is 17.5 Å². The minimum Gasteiger partial charge on any atom is -0.497 e. The van der Waals surface area contributed by atoms with E-state index in [0.717, 1.165) is 30.0 Å². The highest BCUT2D eigenvalue weighted by Gasteiger charge is 2.17. The number of rotatable bonds is 10. The van der Waals surface area contributed by atoms with E-state index in [0.29, 0.717) is 36.3 Å². The average molecular weight is 463 g/mol. The predicted molar refractivity (Wildman–Crippen MR) is 131 cm³/mol. The molecule has 4 rings (SSSR count). The number of carbonyl (C=O) groups is 1. The standard InChI is InChI=1S/C25H30N6O3/c1-17-15-22(30-19-8-10-20(33-2)11-9-19)31-25(29-17)27-14-13-26-24(32)18-7-12-23(28-16-18)34-21-5-3-4-6-21/h7-12,15-16,21H,3-6,13-14H2,1-2H3,(H,26,32)(H2,27,29,30,31). The molecule has 1 aliphatic carbocycles. The van der Waals surface area contributed by atoms with E-state index >= 15 is 0 Å². The Morgan fingerprint density at radius 3 is 2.56 bits per heavy atom. The van der Waals surface area contributed by atoms with E-state index in [1.54, 1.807) is 25.4 Å². The van der Waals surface area contributed by atoms with Crippen LogP contribution in [0, 0.1) is 6.92 Å². The molecule has 0 aliphatic heterocycles. The summed E-state index contributed by atoms with van der Waals surface area (Å²) in [4.78, 5) is 25.6. The molecule has 178 valence electrons. The third-order valence-electron chi connectivity index (χ3n) is 5.50. The summed E-state index contributed by atoms with van der Waals surface area (Å²) in [6.45, 7) is 2.80. The lowest BCUT2D eigenvalue weighted by Gasteiger charge is -2.12. The lowest BCUT2D eigenvalue weighted by atomic mass is 10.2. The molecule has 1 fully saturated rings. The van der Waals surface area contributed by atoms with E-state index in [1.807, 2.05) is 37.3 Å². The molecule has 0 spiro atoms. The quantitative estimate of drug-likeness (QED) is 0.386. The van der Waals surface area contributed by atoms with Crippen molar-refractivity contribution in [2.45, 2.75) is 38.7 Å². The molecule has 1 aromatic carbocycles. The van der Waals surface area contributed by atoms with E-state index in [4.69, 9.17) is 9.47 Å². The number of nitrogens with zero attached hydrogens (tertiary/aromatic N) is 3. The number of hydrogen-bond acceptors (Lipinski definition) is 8. The third-order valence-corrected chi connectivity index (χ3v) is 5.50. The van der Waals surface area contributed by atoms with Crippen LogP contribution in [-0.2, 0) is 0 Å². The molecule has 1 aliphatic rings. The Bertz CT molecular complexity index is 1080. The summed E-state index contributed by atoms with van der Waals surface area (Å²) in [5, 5.41) is 9.29. The van der Waals surface area contributed by atoms with Crippen LogP contribution in [0.3, 0.4) is 0 Å². The van der Waals surface area contributed by atoms with Gasteiger partial charge >= 0.3 is 0 Å². The van der Waals surface area contributed by atoms with Gasteiger partial charge in [-0.2, -0.15) is 4.98 Å². The zero-order chi connectivity index (χ0) is 23.8. The molecule has 1 amide bonds. The van der Waals surface area contributed by atoms with Crippen molar-refractivity contribution >= 4 is 23.4 Å². The maximum Gasteiger partial charge on any atom is 0.252 e. The second-order valence-corrected chi connectivity index (χ2v) is 8.16. The molecule has 3 N–H and O–H groups in total. The maximum absolute atomic E-state index is 12.4. The minimum atomic E-state index is -0.186. The normalized spacial score (nSPS) is 13.4. The smallest absolute Gasteiger partial charge is 0.252 e. The molecule has 2 aromatic heterocycles. The molecular weight excluding hydrogens is 432 g/mol. The van der Waals surface area contributed by atoms with Gasteiger partial charge in [-0.15, -0.1) is 0 Å². The van der Waals surface area contributed by atoms with E-state index < -0.39 is 0 Å². The predicted octanol–water partition coefficient (Wildman–Crippen LogP) is 4.10. The van der Waals surface area contributed by atoms with Crippen molar-refractivity contribution < 1.29 is 14.3 Å². The molecule has 0 unspecified atom stereocenters. The fourth-order valence-electron chi connectivity index (χ4n) is 3.75. The summed E-state index contributed by atoms with van der Waals surface area (Å²) in [6, 6.07) is 12.9. The molecular formula is C25H30N6O3. The Morgan fingerprint density at radius 1 is 1.06 bits per heavy atom. The van der Waals surface area contributed by atoms with E-state index in [1.165, 1.54) is 12.8 Å². The zero-order valence-electron chi connectivity index (χ0n) is 19.5. The van der Waals surface area contributed by atoms with Crippen molar-refractivity contribution in [1.82, 2.24) is 20.3 Å². The second-order valence-electron chi connectivity index (χ2n) is 8.16. The number of pyridine rings is 1. The van der Waals surface area contributed by atoms with Gasteiger partial charge in [0.15, 0.2) is 0 Å².